The zero-order chi connectivity index (χ0) is 16.8. The summed E-state index contributed by atoms with van der Waals surface area (Å²) in [6, 6.07) is 5.35. The highest BCUT2D eigenvalue weighted by Crippen LogP contribution is 2.30. The smallest absolute Gasteiger partial charge is 0.147 e. The molecule has 0 atom stereocenters. The summed E-state index contributed by atoms with van der Waals surface area (Å²) in [5, 5.41) is 26.7. The average Bonchev–Trinajstić information content (AvgIpc) is 3.09. The third-order valence-corrected chi connectivity index (χ3v) is 3.14. The maximum Gasteiger partial charge on any atom is 0.147 e. The van der Waals surface area contributed by atoms with Crippen LogP contribution in [0.15, 0.2) is 82.2 Å². The van der Waals surface area contributed by atoms with Crippen LogP contribution >= 0.6 is 0 Å². The highest BCUT2D eigenvalue weighted by molar-refractivity contribution is 5.65. The van der Waals surface area contributed by atoms with Crippen LogP contribution in [0.2, 0.25) is 0 Å². The first-order valence-corrected chi connectivity index (χ1v) is 6.92. The van der Waals surface area contributed by atoms with Gasteiger partial charge in [-0.1, -0.05) is 24.3 Å². The van der Waals surface area contributed by atoms with Crippen molar-refractivity contribution in [1.29, 1.82) is 15.8 Å². The Morgan fingerprint density at radius 2 is 1.74 bits per heavy atom. The number of nitrogens with zero attached hydrogens (tertiary/aromatic N) is 4. The Hall–Kier alpha value is -3.55. The van der Waals surface area contributed by atoms with Crippen molar-refractivity contribution in [3.8, 4) is 18.2 Å². The third kappa shape index (κ3) is 4.21. The number of allylic oxidation sites excluding steroid dienone is 13. The fourth-order valence-electron chi connectivity index (χ4n) is 2.00. The summed E-state index contributed by atoms with van der Waals surface area (Å²) in [6.45, 7) is 0. The lowest BCUT2D eigenvalue weighted by atomic mass is 10.1. The van der Waals surface area contributed by atoms with Crippen LogP contribution in [0.1, 0.15) is 0 Å². The minimum atomic E-state index is -0.174. The van der Waals surface area contributed by atoms with Crippen molar-refractivity contribution < 1.29 is 0 Å². The van der Waals surface area contributed by atoms with Crippen molar-refractivity contribution in [1.82, 2.24) is 4.90 Å². The van der Waals surface area contributed by atoms with Crippen LogP contribution in [-0.4, -0.2) is 19.0 Å². The van der Waals surface area contributed by atoms with Gasteiger partial charge in [0.15, 0.2) is 0 Å². The van der Waals surface area contributed by atoms with E-state index in [1.165, 1.54) is 11.1 Å². The zero-order valence-corrected chi connectivity index (χ0v) is 12.9. The normalized spacial score (nSPS) is 18.2. The molecule has 0 fully saturated rings. The molecule has 0 aromatic carbocycles. The third-order valence-electron chi connectivity index (χ3n) is 3.14. The molecule has 4 heteroatoms. The van der Waals surface area contributed by atoms with Crippen molar-refractivity contribution in [2.75, 3.05) is 14.1 Å². The van der Waals surface area contributed by atoms with Gasteiger partial charge in [0, 0.05) is 20.3 Å². The van der Waals surface area contributed by atoms with Crippen molar-refractivity contribution in [3.63, 3.8) is 0 Å². The molecule has 0 heterocycles. The summed E-state index contributed by atoms with van der Waals surface area (Å²) in [7, 11) is 3.97. The second-order valence-corrected chi connectivity index (χ2v) is 5.23. The second-order valence-electron chi connectivity index (χ2n) is 5.23. The number of nitriles is 3. The second kappa shape index (κ2) is 6.94. The van der Waals surface area contributed by atoms with E-state index in [1.807, 2.05) is 55.4 Å². The summed E-state index contributed by atoms with van der Waals surface area (Å²) in [5.41, 5.74) is 4.11. The fourth-order valence-corrected chi connectivity index (χ4v) is 2.00. The fraction of sp³-hybridized carbons (Fsp3) is 0.105. The first kappa shape index (κ1) is 15.8. The molecule has 0 aromatic heterocycles. The zero-order valence-electron chi connectivity index (χ0n) is 12.9. The molecular formula is C19H14N4. The quantitative estimate of drug-likeness (QED) is 0.747. The predicted molar refractivity (Wildman–Crippen MR) is 88.2 cm³/mol. The molecule has 23 heavy (non-hydrogen) atoms. The van der Waals surface area contributed by atoms with Gasteiger partial charge in [-0.2, -0.15) is 15.8 Å². The summed E-state index contributed by atoms with van der Waals surface area (Å²) in [4.78, 5) is 2.00. The molecule has 0 radical (unpaired) electrons. The molecular weight excluding hydrogens is 284 g/mol. The average molecular weight is 298 g/mol. The standard InChI is InChI=1S/C19H14N4/c1-23(2)13-18-9-16(18)6-5-14-3-4-15(7-14)8-17(10-20)19(11-21)12-22/h3-9,13H,1-2H3/b6-5+,15-8-,18-13-. The summed E-state index contributed by atoms with van der Waals surface area (Å²) in [6.07, 6.45) is 15.4. The molecule has 0 saturated heterocycles. The van der Waals surface area contributed by atoms with E-state index in [4.69, 9.17) is 15.8 Å². The van der Waals surface area contributed by atoms with Gasteiger partial charge in [-0.05, 0) is 40.5 Å². The Morgan fingerprint density at radius 3 is 2.35 bits per heavy atom. The van der Waals surface area contributed by atoms with Gasteiger partial charge in [0.25, 0.3) is 0 Å². The topological polar surface area (TPSA) is 74.6 Å². The van der Waals surface area contributed by atoms with Crippen LogP contribution in [-0.2, 0) is 0 Å². The van der Waals surface area contributed by atoms with Crippen LogP contribution in [0.4, 0.5) is 0 Å². The molecule has 0 aromatic rings. The van der Waals surface area contributed by atoms with Gasteiger partial charge in [0.2, 0.25) is 0 Å². The highest BCUT2D eigenvalue weighted by Gasteiger charge is 2.13. The lowest BCUT2D eigenvalue weighted by Crippen LogP contribution is -1.99. The van der Waals surface area contributed by atoms with Gasteiger partial charge in [0.05, 0.1) is 5.57 Å². The number of hydrogen-bond donors (Lipinski definition) is 0. The lowest BCUT2D eigenvalue weighted by molar-refractivity contribution is 0.562. The first-order valence-electron chi connectivity index (χ1n) is 6.92. The van der Waals surface area contributed by atoms with E-state index in [2.05, 4.69) is 12.3 Å². The van der Waals surface area contributed by atoms with Crippen LogP contribution in [0.5, 0.6) is 0 Å². The van der Waals surface area contributed by atoms with E-state index in [0.717, 1.165) is 11.1 Å². The Bertz CT molecular complexity index is 848. The van der Waals surface area contributed by atoms with Crippen LogP contribution in [0, 0.1) is 34.0 Å². The van der Waals surface area contributed by atoms with Gasteiger partial charge in [0.1, 0.15) is 23.8 Å². The number of rotatable bonds is 4. The van der Waals surface area contributed by atoms with Gasteiger partial charge in [-0.15, -0.1) is 0 Å². The molecule has 110 valence electrons. The molecule has 2 aliphatic carbocycles. The Labute approximate surface area is 135 Å². The summed E-state index contributed by atoms with van der Waals surface area (Å²) >= 11 is 0. The van der Waals surface area contributed by atoms with Crippen LogP contribution in [0.25, 0.3) is 0 Å². The molecule has 0 saturated carbocycles. The van der Waals surface area contributed by atoms with E-state index in [-0.39, 0.29) is 11.1 Å². The molecule has 0 aliphatic heterocycles. The lowest BCUT2D eigenvalue weighted by Gasteiger charge is -2.01. The molecule has 0 bridgehead atoms. The Kier molecular flexibility index (Phi) is 4.78. The molecule has 0 amide bonds. The molecule has 2 rings (SSSR count). The van der Waals surface area contributed by atoms with Gasteiger partial charge < -0.3 is 4.90 Å². The maximum absolute atomic E-state index is 9.04. The van der Waals surface area contributed by atoms with E-state index in [1.54, 1.807) is 18.2 Å². The molecule has 2 aliphatic rings. The number of hydrogen-bond acceptors (Lipinski definition) is 4. The highest BCUT2D eigenvalue weighted by atomic mass is 15.0. The van der Waals surface area contributed by atoms with E-state index >= 15 is 0 Å². The summed E-state index contributed by atoms with van der Waals surface area (Å²) in [5.74, 6) is 0. The largest absolute Gasteiger partial charge is 0.383 e. The summed E-state index contributed by atoms with van der Waals surface area (Å²) < 4.78 is 0. The van der Waals surface area contributed by atoms with Crippen molar-refractivity contribution in [3.05, 3.63) is 82.2 Å². The maximum atomic E-state index is 9.04. The van der Waals surface area contributed by atoms with Gasteiger partial charge in [-0.25, -0.2) is 0 Å². The van der Waals surface area contributed by atoms with E-state index in [0.29, 0.717) is 0 Å². The molecule has 0 spiro atoms. The minimum Gasteiger partial charge on any atom is -0.383 e. The van der Waals surface area contributed by atoms with Gasteiger partial charge >= 0.3 is 0 Å². The van der Waals surface area contributed by atoms with Crippen LogP contribution in [0.3, 0.4) is 0 Å². The predicted octanol–water partition coefficient (Wildman–Crippen LogP) is 3.22. The van der Waals surface area contributed by atoms with Crippen molar-refractivity contribution >= 4 is 0 Å². The van der Waals surface area contributed by atoms with E-state index in [9.17, 15) is 0 Å². The Balaban J connectivity index is 2.11. The molecule has 0 unspecified atom stereocenters. The monoisotopic (exact) mass is 298 g/mol. The van der Waals surface area contributed by atoms with Crippen LogP contribution < -0.4 is 0 Å². The molecule has 0 N–H and O–H groups in total. The minimum absolute atomic E-state index is 0.0808. The Morgan fingerprint density at radius 1 is 1.00 bits per heavy atom. The van der Waals surface area contributed by atoms with Gasteiger partial charge in [-0.3, -0.25) is 0 Å². The van der Waals surface area contributed by atoms with Crippen molar-refractivity contribution in [2.45, 2.75) is 0 Å². The first-order chi connectivity index (χ1) is 11.1. The van der Waals surface area contributed by atoms with E-state index < -0.39 is 0 Å². The SMILES string of the molecule is CN(C)/C=C1C=C/1/C=C/C1=CC(=C\C(C#N)=C(C#N)C#N)/C=C1. The van der Waals surface area contributed by atoms with Crippen molar-refractivity contribution in [2.24, 2.45) is 0 Å². The molecule has 4 nitrogen and oxygen atoms in total.